The molecule has 21 heavy (non-hydrogen) atoms. The van der Waals surface area contributed by atoms with E-state index in [2.05, 4.69) is 9.88 Å². The molecule has 0 radical (unpaired) electrons. The summed E-state index contributed by atoms with van der Waals surface area (Å²) in [6.07, 6.45) is 6.35. The van der Waals surface area contributed by atoms with Gasteiger partial charge >= 0.3 is 5.97 Å². The molecule has 6 heteroatoms. The zero-order valence-electron chi connectivity index (χ0n) is 12.2. The summed E-state index contributed by atoms with van der Waals surface area (Å²) in [5, 5.41) is 0. The molecule has 1 aliphatic heterocycles. The van der Waals surface area contributed by atoms with Gasteiger partial charge in [0.1, 0.15) is 11.4 Å². The zero-order chi connectivity index (χ0) is 14.8. The number of nitrogens with two attached hydrogens (primary N) is 1. The number of carbonyl (C=O) groups excluding carboxylic acids is 1. The lowest BCUT2D eigenvalue weighted by atomic mass is 9.90. The fourth-order valence-corrected chi connectivity index (χ4v) is 3.32. The van der Waals surface area contributed by atoms with Crippen LogP contribution < -0.4 is 10.6 Å². The molecular weight excluding hydrogens is 270 g/mol. The summed E-state index contributed by atoms with van der Waals surface area (Å²) < 4.78 is 10.7. The number of hydrogen-bond donors (Lipinski definition) is 1. The van der Waals surface area contributed by atoms with Crippen LogP contribution >= 0.6 is 0 Å². The Morgan fingerprint density at radius 1 is 1.48 bits per heavy atom. The minimum absolute atomic E-state index is 0.234. The molecule has 1 aromatic heterocycles. The molecule has 2 unspecified atom stereocenters. The standard InChI is InChI=1S/C15H21N3O3/c1-20-15(19)11-8-10(16)9-17-14(11)18-6-7-21-13-5-3-2-4-12(13)18/h8-9,12-13H,2-7,16H2,1H3. The average molecular weight is 291 g/mol. The minimum atomic E-state index is -0.399. The van der Waals surface area contributed by atoms with Crippen molar-refractivity contribution >= 4 is 17.5 Å². The molecule has 1 saturated heterocycles. The van der Waals surface area contributed by atoms with E-state index in [4.69, 9.17) is 15.2 Å². The van der Waals surface area contributed by atoms with Crippen molar-refractivity contribution in [3.63, 3.8) is 0 Å². The van der Waals surface area contributed by atoms with E-state index < -0.39 is 5.97 Å². The van der Waals surface area contributed by atoms with Crippen LogP contribution in [-0.2, 0) is 9.47 Å². The van der Waals surface area contributed by atoms with Crippen LogP contribution in [-0.4, -0.2) is 43.4 Å². The third-order valence-corrected chi connectivity index (χ3v) is 4.30. The largest absolute Gasteiger partial charge is 0.465 e. The number of ether oxygens (including phenoxy) is 2. The van der Waals surface area contributed by atoms with E-state index in [0.717, 1.165) is 19.4 Å². The zero-order valence-corrected chi connectivity index (χ0v) is 12.2. The van der Waals surface area contributed by atoms with Gasteiger partial charge in [0, 0.05) is 6.54 Å². The molecule has 114 valence electrons. The van der Waals surface area contributed by atoms with Gasteiger partial charge in [-0.15, -0.1) is 0 Å². The van der Waals surface area contributed by atoms with Gasteiger partial charge < -0.3 is 20.1 Å². The number of anilines is 2. The number of rotatable bonds is 2. The lowest BCUT2D eigenvalue weighted by molar-refractivity contribution is -0.00911. The summed E-state index contributed by atoms with van der Waals surface area (Å²) in [6.45, 7) is 1.40. The average Bonchev–Trinajstić information content (AvgIpc) is 2.53. The van der Waals surface area contributed by atoms with Gasteiger partial charge in [-0.2, -0.15) is 0 Å². The van der Waals surface area contributed by atoms with Gasteiger partial charge in [0.2, 0.25) is 0 Å². The van der Waals surface area contributed by atoms with Crippen LogP contribution in [0.3, 0.4) is 0 Å². The summed E-state index contributed by atoms with van der Waals surface area (Å²) in [5.74, 6) is 0.264. The van der Waals surface area contributed by atoms with E-state index in [0.29, 0.717) is 23.7 Å². The fraction of sp³-hybridized carbons (Fsp3) is 0.600. The molecule has 2 heterocycles. The number of methoxy groups -OCH3 is 1. The molecule has 0 bridgehead atoms. The Hall–Kier alpha value is -1.82. The van der Waals surface area contributed by atoms with Crippen molar-refractivity contribution in [3.8, 4) is 0 Å². The highest BCUT2D eigenvalue weighted by Crippen LogP contribution is 2.33. The number of aromatic nitrogens is 1. The first-order valence-corrected chi connectivity index (χ1v) is 7.43. The van der Waals surface area contributed by atoms with Crippen LogP contribution in [0.15, 0.2) is 12.3 Å². The molecule has 2 aliphatic rings. The number of morpholine rings is 1. The monoisotopic (exact) mass is 291 g/mol. The highest BCUT2D eigenvalue weighted by molar-refractivity contribution is 5.95. The quantitative estimate of drug-likeness (QED) is 0.834. The van der Waals surface area contributed by atoms with E-state index in [1.807, 2.05) is 0 Å². The van der Waals surface area contributed by atoms with Crippen molar-refractivity contribution in [2.45, 2.75) is 37.8 Å². The number of fused-ring (bicyclic) bond motifs is 1. The first-order valence-electron chi connectivity index (χ1n) is 7.43. The molecule has 2 N–H and O–H groups in total. The van der Waals surface area contributed by atoms with Crippen LogP contribution in [0.1, 0.15) is 36.0 Å². The molecule has 0 spiro atoms. The Balaban J connectivity index is 1.96. The minimum Gasteiger partial charge on any atom is -0.465 e. The summed E-state index contributed by atoms with van der Waals surface area (Å²) in [4.78, 5) is 18.6. The Labute approximate surface area is 124 Å². The van der Waals surface area contributed by atoms with Gasteiger partial charge in [0.15, 0.2) is 0 Å². The summed E-state index contributed by atoms with van der Waals surface area (Å²) in [6, 6.07) is 1.92. The van der Waals surface area contributed by atoms with Crippen LogP contribution in [0.25, 0.3) is 0 Å². The Kier molecular flexibility index (Phi) is 3.96. The van der Waals surface area contributed by atoms with E-state index in [1.54, 1.807) is 12.3 Å². The second-order valence-corrected chi connectivity index (χ2v) is 5.59. The molecule has 6 nitrogen and oxygen atoms in total. The van der Waals surface area contributed by atoms with Gasteiger partial charge in [-0.25, -0.2) is 9.78 Å². The molecule has 2 fully saturated rings. The van der Waals surface area contributed by atoms with Crippen molar-refractivity contribution < 1.29 is 14.3 Å². The second-order valence-electron chi connectivity index (χ2n) is 5.59. The van der Waals surface area contributed by atoms with Crippen molar-refractivity contribution in [1.29, 1.82) is 0 Å². The number of nitrogen functional groups attached to an aromatic ring is 1. The van der Waals surface area contributed by atoms with Gasteiger partial charge in [-0.05, 0) is 18.9 Å². The predicted octanol–water partition coefficient (Wildman–Crippen LogP) is 1.60. The Morgan fingerprint density at radius 3 is 3.10 bits per heavy atom. The highest BCUT2D eigenvalue weighted by atomic mass is 16.5. The van der Waals surface area contributed by atoms with E-state index in [1.165, 1.54) is 20.0 Å². The number of pyridine rings is 1. The number of hydrogen-bond acceptors (Lipinski definition) is 6. The number of esters is 1. The van der Waals surface area contributed by atoms with Crippen molar-refractivity contribution in [1.82, 2.24) is 4.98 Å². The molecular formula is C15H21N3O3. The topological polar surface area (TPSA) is 77.7 Å². The molecule has 2 atom stereocenters. The van der Waals surface area contributed by atoms with Crippen LogP contribution in [0, 0.1) is 0 Å². The van der Waals surface area contributed by atoms with Gasteiger partial charge in [-0.3, -0.25) is 0 Å². The smallest absolute Gasteiger partial charge is 0.341 e. The Bertz CT molecular complexity index is 533. The summed E-state index contributed by atoms with van der Waals surface area (Å²) in [7, 11) is 1.37. The second kappa shape index (κ2) is 5.89. The molecule has 1 aliphatic carbocycles. The summed E-state index contributed by atoms with van der Waals surface area (Å²) in [5.41, 5.74) is 6.67. The van der Waals surface area contributed by atoms with E-state index >= 15 is 0 Å². The Morgan fingerprint density at radius 2 is 2.29 bits per heavy atom. The molecule has 1 aromatic rings. The van der Waals surface area contributed by atoms with Crippen molar-refractivity contribution in [2.24, 2.45) is 0 Å². The van der Waals surface area contributed by atoms with Gasteiger partial charge in [-0.1, -0.05) is 12.8 Å². The normalized spacial score (nSPS) is 25.3. The maximum absolute atomic E-state index is 12.0. The fourth-order valence-electron chi connectivity index (χ4n) is 3.32. The molecule has 3 rings (SSSR count). The molecule has 0 aromatic carbocycles. The third-order valence-electron chi connectivity index (χ3n) is 4.30. The third kappa shape index (κ3) is 2.68. The predicted molar refractivity (Wildman–Crippen MR) is 79.3 cm³/mol. The van der Waals surface area contributed by atoms with E-state index in [9.17, 15) is 4.79 Å². The maximum atomic E-state index is 12.0. The van der Waals surface area contributed by atoms with Crippen LogP contribution in [0.5, 0.6) is 0 Å². The lowest BCUT2D eigenvalue weighted by Gasteiger charge is -2.44. The first kappa shape index (κ1) is 14.1. The van der Waals surface area contributed by atoms with Gasteiger partial charge in [0.05, 0.1) is 37.7 Å². The van der Waals surface area contributed by atoms with E-state index in [-0.39, 0.29) is 12.1 Å². The van der Waals surface area contributed by atoms with Crippen molar-refractivity contribution in [2.75, 3.05) is 30.9 Å². The SMILES string of the molecule is COC(=O)c1cc(N)cnc1N1CCOC2CCCCC21. The molecule has 1 saturated carbocycles. The lowest BCUT2D eigenvalue weighted by Crippen LogP contribution is -2.53. The number of carbonyl (C=O) groups is 1. The van der Waals surface area contributed by atoms with Crippen molar-refractivity contribution in [3.05, 3.63) is 17.8 Å². The van der Waals surface area contributed by atoms with Crippen LogP contribution in [0.4, 0.5) is 11.5 Å². The maximum Gasteiger partial charge on any atom is 0.341 e. The number of nitrogens with zero attached hydrogens (tertiary/aromatic N) is 2. The van der Waals surface area contributed by atoms with Gasteiger partial charge in [0.25, 0.3) is 0 Å². The highest BCUT2D eigenvalue weighted by Gasteiger charge is 2.36. The summed E-state index contributed by atoms with van der Waals surface area (Å²) >= 11 is 0. The molecule has 0 amide bonds. The first-order chi connectivity index (χ1) is 10.2. The van der Waals surface area contributed by atoms with Crippen LogP contribution in [0.2, 0.25) is 0 Å².